The molecule has 5 heteroatoms. The molecule has 0 fully saturated rings. The van der Waals surface area contributed by atoms with Gasteiger partial charge < -0.3 is 10.6 Å². The van der Waals surface area contributed by atoms with Gasteiger partial charge in [-0.2, -0.15) is 0 Å². The molecule has 22 heavy (non-hydrogen) atoms. The number of anilines is 2. The van der Waals surface area contributed by atoms with Gasteiger partial charge in [-0.25, -0.2) is 0 Å². The average Bonchev–Trinajstić information content (AvgIpc) is 2.44. The van der Waals surface area contributed by atoms with Crippen molar-refractivity contribution in [1.82, 2.24) is 4.98 Å². The summed E-state index contributed by atoms with van der Waals surface area (Å²) in [6, 6.07) is 11.5. The molecule has 0 amide bonds. The summed E-state index contributed by atoms with van der Waals surface area (Å²) in [6.45, 7) is 0. The van der Waals surface area contributed by atoms with Crippen LogP contribution < -0.4 is 10.6 Å². The van der Waals surface area contributed by atoms with Gasteiger partial charge in [0.1, 0.15) is 0 Å². The number of fused-ring (bicyclic) bond motifs is 1. The number of hydrogen-bond donors (Lipinski definition) is 1. The van der Waals surface area contributed by atoms with Crippen LogP contribution in [0.4, 0.5) is 11.4 Å². The molecule has 2 N–H and O–H groups in total. The zero-order valence-corrected chi connectivity index (χ0v) is 13.8. The SMILES string of the molecule is CN(C)c1c(N)cnc2c(-c3cc(Cl)cc(Cl)c3)cccc12. The highest BCUT2D eigenvalue weighted by Gasteiger charge is 2.13. The van der Waals surface area contributed by atoms with E-state index >= 15 is 0 Å². The van der Waals surface area contributed by atoms with Gasteiger partial charge in [0.15, 0.2) is 0 Å². The fourth-order valence-electron chi connectivity index (χ4n) is 2.67. The standard InChI is InChI=1S/C17H15Cl2N3/c1-22(2)17-14-5-3-4-13(16(14)21-9-15(17)20)10-6-11(18)8-12(19)7-10/h3-9H,20H2,1-2H3. The van der Waals surface area contributed by atoms with Crippen LogP contribution in [0.2, 0.25) is 10.0 Å². The number of benzene rings is 2. The second kappa shape index (κ2) is 5.67. The van der Waals surface area contributed by atoms with E-state index in [0.717, 1.165) is 27.7 Å². The van der Waals surface area contributed by atoms with E-state index in [4.69, 9.17) is 28.9 Å². The largest absolute Gasteiger partial charge is 0.396 e. The lowest BCUT2D eigenvalue weighted by atomic mass is 10.0. The summed E-state index contributed by atoms with van der Waals surface area (Å²) in [7, 11) is 3.93. The molecule has 2 aromatic carbocycles. The number of pyridine rings is 1. The van der Waals surface area contributed by atoms with Crippen LogP contribution in [0.5, 0.6) is 0 Å². The quantitative estimate of drug-likeness (QED) is 0.729. The van der Waals surface area contributed by atoms with Gasteiger partial charge in [0.25, 0.3) is 0 Å². The maximum Gasteiger partial charge on any atom is 0.0802 e. The van der Waals surface area contributed by atoms with Crippen LogP contribution >= 0.6 is 23.2 Å². The van der Waals surface area contributed by atoms with Gasteiger partial charge in [-0.15, -0.1) is 0 Å². The van der Waals surface area contributed by atoms with E-state index in [9.17, 15) is 0 Å². The Labute approximate surface area is 139 Å². The maximum atomic E-state index is 6.13. The van der Waals surface area contributed by atoms with Crippen molar-refractivity contribution in [2.45, 2.75) is 0 Å². The first-order chi connectivity index (χ1) is 10.5. The Hall–Kier alpha value is -1.97. The molecule has 0 aliphatic heterocycles. The predicted octanol–water partition coefficient (Wildman–Crippen LogP) is 4.86. The summed E-state index contributed by atoms with van der Waals surface area (Å²) in [5.41, 5.74) is 10.5. The number of rotatable bonds is 2. The van der Waals surface area contributed by atoms with E-state index in [-0.39, 0.29) is 0 Å². The van der Waals surface area contributed by atoms with Crippen molar-refractivity contribution in [3.63, 3.8) is 0 Å². The Balaban J connectivity index is 2.34. The topological polar surface area (TPSA) is 42.1 Å². The van der Waals surface area contributed by atoms with Crippen LogP contribution in [0, 0.1) is 0 Å². The summed E-state index contributed by atoms with van der Waals surface area (Å²) in [4.78, 5) is 6.52. The first-order valence-electron chi connectivity index (χ1n) is 6.78. The summed E-state index contributed by atoms with van der Waals surface area (Å²) in [5.74, 6) is 0. The first kappa shape index (κ1) is 14.9. The van der Waals surface area contributed by atoms with Gasteiger partial charge in [-0.05, 0) is 23.8 Å². The molecule has 1 heterocycles. The molecule has 0 radical (unpaired) electrons. The monoisotopic (exact) mass is 331 g/mol. The van der Waals surface area contributed by atoms with Gasteiger partial charge in [-0.1, -0.05) is 41.4 Å². The third-order valence-electron chi connectivity index (χ3n) is 3.52. The third kappa shape index (κ3) is 2.58. The van der Waals surface area contributed by atoms with Crippen molar-refractivity contribution < 1.29 is 0 Å². The Kier molecular flexibility index (Phi) is 3.85. The van der Waals surface area contributed by atoms with Gasteiger partial charge in [0.2, 0.25) is 0 Å². The maximum absolute atomic E-state index is 6.13. The number of nitrogen functional groups attached to an aromatic ring is 1. The molecule has 3 rings (SSSR count). The minimum absolute atomic E-state index is 0.600. The van der Waals surface area contributed by atoms with Gasteiger partial charge >= 0.3 is 0 Å². The lowest BCUT2D eigenvalue weighted by Crippen LogP contribution is -2.12. The van der Waals surface area contributed by atoms with E-state index in [1.54, 1.807) is 12.3 Å². The number of nitrogens with zero attached hydrogens (tertiary/aromatic N) is 2. The zero-order valence-electron chi connectivity index (χ0n) is 12.3. The van der Waals surface area contributed by atoms with E-state index in [0.29, 0.717) is 15.7 Å². The van der Waals surface area contributed by atoms with E-state index in [1.807, 2.05) is 49.3 Å². The van der Waals surface area contributed by atoms with Gasteiger partial charge in [0.05, 0.1) is 23.1 Å². The second-order valence-corrected chi connectivity index (χ2v) is 6.19. The Morgan fingerprint density at radius 1 is 1.05 bits per heavy atom. The van der Waals surface area contributed by atoms with Crippen molar-refractivity contribution in [3.05, 3.63) is 52.6 Å². The molecule has 3 nitrogen and oxygen atoms in total. The van der Waals surface area contributed by atoms with Gasteiger partial charge in [-0.3, -0.25) is 4.98 Å². The Morgan fingerprint density at radius 2 is 1.73 bits per heavy atom. The van der Waals surface area contributed by atoms with Crippen LogP contribution in [0.3, 0.4) is 0 Å². The molecule has 0 bridgehead atoms. The van der Waals surface area contributed by atoms with E-state index < -0.39 is 0 Å². The molecule has 0 saturated carbocycles. The summed E-state index contributed by atoms with van der Waals surface area (Å²) in [6.07, 6.45) is 1.69. The number of halogens is 2. The minimum Gasteiger partial charge on any atom is -0.396 e. The molecule has 0 aliphatic rings. The lowest BCUT2D eigenvalue weighted by molar-refractivity contribution is 1.14. The van der Waals surface area contributed by atoms with Gasteiger partial charge in [0, 0.05) is 35.1 Å². The Morgan fingerprint density at radius 3 is 2.36 bits per heavy atom. The second-order valence-electron chi connectivity index (χ2n) is 5.32. The predicted molar refractivity (Wildman–Crippen MR) is 95.9 cm³/mol. The van der Waals surface area contributed by atoms with Crippen LogP contribution in [-0.4, -0.2) is 19.1 Å². The lowest BCUT2D eigenvalue weighted by Gasteiger charge is -2.18. The van der Waals surface area contributed by atoms with Crippen molar-refractivity contribution in [1.29, 1.82) is 0 Å². The summed E-state index contributed by atoms with van der Waals surface area (Å²) >= 11 is 12.3. The highest BCUT2D eigenvalue weighted by atomic mass is 35.5. The van der Waals surface area contributed by atoms with Crippen LogP contribution in [0.25, 0.3) is 22.0 Å². The average molecular weight is 332 g/mol. The summed E-state index contributed by atoms with van der Waals surface area (Å²) < 4.78 is 0. The first-order valence-corrected chi connectivity index (χ1v) is 7.54. The number of hydrogen-bond acceptors (Lipinski definition) is 3. The molecule has 0 spiro atoms. The molecular weight excluding hydrogens is 317 g/mol. The molecule has 0 aliphatic carbocycles. The van der Waals surface area contributed by atoms with Crippen LogP contribution in [-0.2, 0) is 0 Å². The van der Waals surface area contributed by atoms with Crippen molar-refractivity contribution in [3.8, 4) is 11.1 Å². The van der Waals surface area contributed by atoms with Crippen molar-refractivity contribution in [2.75, 3.05) is 24.7 Å². The van der Waals surface area contributed by atoms with E-state index in [2.05, 4.69) is 4.98 Å². The normalized spacial score (nSPS) is 10.9. The van der Waals surface area contributed by atoms with Crippen molar-refractivity contribution in [2.24, 2.45) is 0 Å². The van der Waals surface area contributed by atoms with E-state index in [1.165, 1.54) is 0 Å². The molecule has 0 atom stereocenters. The molecule has 0 saturated heterocycles. The zero-order chi connectivity index (χ0) is 15.9. The molecule has 0 unspecified atom stereocenters. The molecule has 3 aromatic rings. The number of nitrogens with two attached hydrogens (primary N) is 1. The Bertz CT molecular complexity index is 840. The number of aromatic nitrogens is 1. The molecule has 1 aromatic heterocycles. The van der Waals surface area contributed by atoms with Crippen molar-refractivity contribution >= 4 is 45.5 Å². The summed E-state index contributed by atoms with van der Waals surface area (Å²) in [5, 5.41) is 2.20. The van der Waals surface area contributed by atoms with Crippen LogP contribution in [0.1, 0.15) is 0 Å². The fraction of sp³-hybridized carbons (Fsp3) is 0.118. The number of para-hydroxylation sites is 1. The molecule has 112 valence electrons. The fourth-order valence-corrected chi connectivity index (χ4v) is 3.19. The minimum atomic E-state index is 0.600. The third-order valence-corrected chi connectivity index (χ3v) is 3.95. The smallest absolute Gasteiger partial charge is 0.0802 e. The highest BCUT2D eigenvalue weighted by Crippen LogP contribution is 2.36. The van der Waals surface area contributed by atoms with Crippen LogP contribution in [0.15, 0.2) is 42.6 Å². The highest BCUT2D eigenvalue weighted by molar-refractivity contribution is 6.35. The molecular formula is C17H15Cl2N3.